The van der Waals surface area contributed by atoms with Gasteiger partial charge in [-0.05, 0) is 12.1 Å². The molecule has 29 heavy (non-hydrogen) atoms. The molecule has 2 aliphatic rings. The first kappa shape index (κ1) is 21.5. The minimum atomic E-state index is -4.67. The summed E-state index contributed by atoms with van der Waals surface area (Å²) in [5.41, 5.74) is 4.60. The zero-order valence-corrected chi connectivity index (χ0v) is 16.8. The first-order valence-electron chi connectivity index (χ1n) is 8.79. The van der Waals surface area contributed by atoms with E-state index < -0.39 is 27.9 Å². The molecule has 1 aromatic rings. The standard InChI is InChI=1S/C17H22F3N5O3S/c1-24-11(10-29(2,26)27)7-14(23-16(24)25-3-5-28-6-4-25)12-9-22-15(21)8-13(12)17(18,19)20/h7-9,16H,3-6,10H2,1-2H3,(H2,21,22). The molecule has 0 bridgehead atoms. The molecule has 3 rings (SSSR count). The molecule has 1 unspecified atom stereocenters. The van der Waals surface area contributed by atoms with Crippen LogP contribution in [0.5, 0.6) is 0 Å². The van der Waals surface area contributed by atoms with Crippen LogP contribution >= 0.6 is 0 Å². The number of nitrogens with two attached hydrogens (primary N) is 1. The predicted octanol–water partition coefficient (Wildman–Crippen LogP) is 0.961. The molecule has 2 N–H and O–H groups in total. The number of alkyl halides is 3. The van der Waals surface area contributed by atoms with E-state index >= 15 is 0 Å². The first-order chi connectivity index (χ1) is 13.5. The fourth-order valence-corrected chi connectivity index (χ4v) is 4.09. The number of aliphatic imine (C=N–C) groups is 1. The molecule has 1 aromatic heterocycles. The van der Waals surface area contributed by atoms with Crippen molar-refractivity contribution in [2.45, 2.75) is 12.5 Å². The molecule has 8 nitrogen and oxygen atoms in total. The number of halogens is 3. The molecule has 1 atom stereocenters. The SMILES string of the molecule is CN1C(CS(C)(=O)=O)=CC(c2cnc(N)cc2C(F)(F)F)=NC1N1CCOCC1. The molecule has 0 aliphatic carbocycles. The minimum absolute atomic E-state index is 0.0121. The highest BCUT2D eigenvalue weighted by atomic mass is 32.2. The number of nitrogens with zero attached hydrogens (tertiary/aromatic N) is 4. The summed E-state index contributed by atoms with van der Waals surface area (Å²) in [6, 6.07) is 0.754. The highest BCUT2D eigenvalue weighted by molar-refractivity contribution is 7.90. The van der Waals surface area contributed by atoms with Gasteiger partial charge >= 0.3 is 6.18 Å². The van der Waals surface area contributed by atoms with Gasteiger partial charge in [0.1, 0.15) is 5.82 Å². The van der Waals surface area contributed by atoms with Crippen molar-refractivity contribution in [3.05, 3.63) is 35.2 Å². The van der Waals surface area contributed by atoms with E-state index in [-0.39, 0.29) is 22.8 Å². The normalized spacial score (nSPS) is 21.7. The third-order valence-corrected chi connectivity index (χ3v) is 5.47. The van der Waals surface area contributed by atoms with Crippen LogP contribution in [0.2, 0.25) is 0 Å². The number of anilines is 1. The number of aromatic nitrogens is 1. The van der Waals surface area contributed by atoms with Gasteiger partial charge in [0, 0.05) is 43.9 Å². The van der Waals surface area contributed by atoms with Crippen molar-refractivity contribution in [2.24, 2.45) is 4.99 Å². The number of rotatable bonds is 4. The van der Waals surface area contributed by atoms with Gasteiger partial charge in [-0.2, -0.15) is 13.2 Å². The van der Waals surface area contributed by atoms with Crippen LogP contribution in [0, 0.1) is 0 Å². The zero-order valence-electron chi connectivity index (χ0n) is 16.0. The van der Waals surface area contributed by atoms with Gasteiger partial charge in [-0.3, -0.25) is 4.90 Å². The maximum absolute atomic E-state index is 13.6. The van der Waals surface area contributed by atoms with Crippen LogP contribution in [0.1, 0.15) is 11.1 Å². The maximum atomic E-state index is 13.6. The Hall–Kier alpha value is -2.18. The molecule has 1 fully saturated rings. The summed E-state index contributed by atoms with van der Waals surface area (Å²) in [7, 11) is -1.76. The second-order valence-electron chi connectivity index (χ2n) is 6.98. The summed E-state index contributed by atoms with van der Waals surface area (Å²) >= 11 is 0. The number of hydrogen-bond donors (Lipinski definition) is 1. The minimum Gasteiger partial charge on any atom is -0.384 e. The van der Waals surface area contributed by atoms with Crippen LogP contribution in [0.3, 0.4) is 0 Å². The molecule has 2 aliphatic heterocycles. The molecule has 3 heterocycles. The van der Waals surface area contributed by atoms with Gasteiger partial charge in [0.2, 0.25) is 0 Å². The van der Waals surface area contributed by atoms with Gasteiger partial charge in [-0.1, -0.05) is 0 Å². The molecule has 0 aromatic carbocycles. The number of morpholine rings is 1. The molecule has 12 heteroatoms. The van der Waals surface area contributed by atoms with E-state index in [4.69, 9.17) is 10.5 Å². The number of ether oxygens (including phenoxy) is 1. The Labute approximate surface area is 166 Å². The van der Waals surface area contributed by atoms with Crippen molar-refractivity contribution in [3.8, 4) is 0 Å². The van der Waals surface area contributed by atoms with Crippen LogP contribution in [0.4, 0.5) is 19.0 Å². The third-order valence-electron chi connectivity index (χ3n) is 4.65. The van der Waals surface area contributed by atoms with Crippen molar-refractivity contribution in [1.29, 1.82) is 0 Å². The van der Waals surface area contributed by atoms with E-state index in [1.54, 1.807) is 11.9 Å². The van der Waals surface area contributed by atoms with Gasteiger partial charge in [-0.25, -0.2) is 18.4 Å². The van der Waals surface area contributed by atoms with Crippen LogP contribution < -0.4 is 5.73 Å². The lowest BCUT2D eigenvalue weighted by molar-refractivity contribution is -0.137. The van der Waals surface area contributed by atoms with Crippen LogP contribution in [-0.2, 0) is 20.8 Å². The Balaban J connectivity index is 2.11. The van der Waals surface area contributed by atoms with Crippen molar-refractivity contribution < 1.29 is 26.3 Å². The smallest absolute Gasteiger partial charge is 0.384 e. The molecule has 0 radical (unpaired) electrons. The molecule has 160 valence electrons. The first-order valence-corrected chi connectivity index (χ1v) is 10.9. The molecule has 0 saturated carbocycles. The Bertz CT molecular complexity index is 940. The summed E-state index contributed by atoms with van der Waals surface area (Å²) in [5, 5.41) is 0. The average molecular weight is 433 g/mol. The molecule has 0 spiro atoms. The van der Waals surface area contributed by atoms with E-state index in [0.717, 1.165) is 18.5 Å². The number of allylic oxidation sites excluding steroid dienone is 1. The van der Waals surface area contributed by atoms with E-state index in [0.29, 0.717) is 32.0 Å². The van der Waals surface area contributed by atoms with Crippen LogP contribution in [0.15, 0.2) is 29.0 Å². The summed E-state index contributed by atoms with van der Waals surface area (Å²) in [5.74, 6) is -0.590. The van der Waals surface area contributed by atoms with E-state index in [2.05, 4.69) is 9.98 Å². The van der Waals surface area contributed by atoms with E-state index in [1.165, 1.54) is 6.08 Å². The van der Waals surface area contributed by atoms with Crippen LogP contribution in [0.25, 0.3) is 0 Å². The van der Waals surface area contributed by atoms with Gasteiger partial charge in [0.15, 0.2) is 16.1 Å². The van der Waals surface area contributed by atoms with E-state index in [9.17, 15) is 21.6 Å². The van der Waals surface area contributed by atoms with Gasteiger partial charge in [0.05, 0.1) is 30.2 Å². The summed E-state index contributed by atoms with van der Waals surface area (Å²) in [6.45, 7) is 1.95. The van der Waals surface area contributed by atoms with Crippen molar-refractivity contribution in [3.63, 3.8) is 0 Å². The predicted molar refractivity (Wildman–Crippen MR) is 102 cm³/mol. The second-order valence-corrected chi connectivity index (χ2v) is 9.12. The third kappa shape index (κ3) is 5.06. The van der Waals surface area contributed by atoms with Crippen molar-refractivity contribution in [1.82, 2.24) is 14.8 Å². The monoisotopic (exact) mass is 433 g/mol. The number of sulfone groups is 1. The van der Waals surface area contributed by atoms with E-state index in [1.807, 2.05) is 4.90 Å². The number of nitrogen functional groups attached to an aromatic ring is 1. The average Bonchev–Trinajstić information content (AvgIpc) is 2.62. The number of hydrogen-bond acceptors (Lipinski definition) is 8. The van der Waals surface area contributed by atoms with Crippen molar-refractivity contribution >= 4 is 21.4 Å². The zero-order chi connectivity index (χ0) is 21.4. The lowest BCUT2D eigenvalue weighted by atomic mass is 10.0. The van der Waals surface area contributed by atoms with Gasteiger partial charge in [-0.15, -0.1) is 0 Å². The Morgan fingerprint density at radius 2 is 1.97 bits per heavy atom. The highest BCUT2D eigenvalue weighted by Gasteiger charge is 2.37. The molecule has 0 amide bonds. The quantitative estimate of drug-likeness (QED) is 0.755. The largest absolute Gasteiger partial charge is 0.417 e. The molecule has 1 saturated heterocycles. The highest BCUT2D eigenvalue weighted by Crippen LogP contribution is 2.34. The molecular weight excluding hydrogens is 411 g/mol. The fourth-order valence-electron chi connectivity index (χ4n) is 3.26. The lowest BCUT2D eigenvalue weighted by Gasteiger charge is -2.41. The Morgan fingerprint density at radius 3 is 2.55 bits per heavy atom. The molecular formula is C17H22F3N5O3S. The summed E-state index contributed by atoms with van der Waals surface area (Å²) in [4.78, 5) is 11.9. The number of pyridine rings is 1. The fraction of sp³-hybridized carbons (Fsp3) is 0.529. The Kier molecular flexibility index (Phi) is 5.88. The Morgan fingerprint density at radius 1 is 1.31 bits per heavy atom. The summed E-state index contributed by atoms with van der Waals surface area (Å²) in [6.07, 6.45) is -1.87. The summed E-state index contributed by atoms with van der Waals surface area (Å²) < 4.78 is 69.9. The van der Waals surface area contributed by atoms with Crippen LogP contribution in [-0.4, -0.2) is 80.6 Å². The van der Waals surface area contributed by atoms with Crippen molar-refractivity contribution in [2.75, 3.05) is 51.1 Å². The maximum Gasteiger partial charge on any atom is 0.417 e. The second kappa shape index (κ2) is 7.92. The topological polar surface area (TPSA) is 101 Å². The van der Waals surface area contributed by atoms with Gasteiger partial charge in [0.25, 0.3) is 0 Å². The van der Waals surface area contributed by atoms with Gasteiger partial charge < -0.3 is 15.4 Å². The lowest BCUT2D eigenvalue weighted by Crippen LogP contribution is -2.52.